The van der Waals surface area contributed by atoms with Crippen molar-refractivity contribution in [3.05, 3.63) is 11.1 Å². The number of rotatable bonds is 5. The van der Waals surface area contributed by atoms with E-state index in [-0.39, 0.29) is 6.04 Å². The van der Waals surface area contributed by atoms with Gasteiger partial charge in [-0.05, 0) is 25.4 Å². The fraction of sp³-hybridized carbons (Fsp3) is 0.500. The summed E-state index contributed by atoms with van der Waals surface area (Å²) in [5.41, 5.74) is 7.94. The molecule has 0 aliphatic rings. The van der Waals surface area contributed by atoms with Crippen LogP contribution in [0.1, 0.15) is 12.6 Å². The van der Waals surface area contributed by atoms with E-state index < -0.39 is 0 Å². The van der Waals surface area contributed by atoms with Gasteiger partial charge in [0.2, 0.25) is 0 Å². The summed E-state index contributed by atoms with van der Waals surface area (Å²) in [6.07, 6.45) is 0. The molecule has 2 N–H and O–H groups in total. The predicted molar refractivity (Wildman–Crippen MR) is 82.1 cm³/mol. The molecule has 19 heavy (non-hydrogen) atoms. The molecule has 0 aliphatic heterocycles. The molecular weight excluding hydrogens is 280 g/mol. The summed E-state index contributed by atoms with van der Waals surface area (Å²) in [6, 6.07) is 0.254. The van der Waals surface area contributed by atoms with Crippen molar-refractivity contribution >= 4 is 33.7 Å². The van der Waals surface area contributed by atoms with Crippen molar-refractivity contribution in [2.45, 2.75) is 19.9 Å². The van der Waals surface area contributed by atoms with Gasteiger partial charge in [-0.3, -0.25) is 0 Å². The molecule has 1 unspecified atom stereocenters. The van der Waals surface area contributed by atoms with Gasteiger partial charge < -0.3 is 15.4 Å². The zero-order valence-electron chi connectivity index (χ0n) is 11.5. The van der Waals surface area contributed by atoms with E-state index >= 15 is 0 Å². The van der Waals surface area contributed by atoms with Crippen molar-refractivity contribution in [2.24, 2.45) is 0 Å². The van der Waals surface area contributed by atoms with Crippen LogP contribution >= 0.6 is 22.9 Å². The second kappa shape index (κ2) is 5.85. The minimum Gasteiger partial charge on any atom is -0.383 e. The third-order valence-corrected chi connectivity index (χ3v) is 4.85. The lowest BCUT2D eigenvalue weighted by atomic mass is 10.2. The second-order valence-electron chi connectivity index (χ2n) is 4.46. The number of anilines is 2. The summed E-state index contributed by atoms with van der Waals surface area (Å²) in [6.45, 7) is 4.74. The van der Waals surface area contributed by atoms with Crippen LogP contribution in [0.25, 0.3) is 10.6 Å². The minimum atomic E-state index is 0.254. The van der Waals surface area contributed by atoms with Crippen molar-refractivity contribution in [2.75, 3.05) is 31.4 Å². The highest BCUT2D eigenvalue weighted by molar-refractivity contribution is 7.15. The Kier molecular flexibility index (Phi) is 4.38. The molecule has 5 nitrogen and oxygen atoms in total. The van der Waals surface area contributed by atoms with Crippen LogP contribution in [-0.4, -0.2) is 36.2 Å². The largest absolute Gasteiger partial charge is 0.383 e. The fourth-order valence-electron chi connectivity index (χ4n) is 1.76. The van der Waals surface area contributed by atoms with Gasteiger partial charge in [0.15, 0.2) is 0 Å². The zero-order valence-corrected chi connectivity index (χ0v) is 13.1. The van der Waals surface area contributed by atoms with Gasteiger partial charge >= 0.3 is 0 Å². The number of aromatic nitrogens is 2. The number of aryl methyl sites for hydroxylation is 1. The quantitative estimate of drug-likeness (QED) is 0.919. The van der Waals surface area contributed by atoms with Gasteiger partial charge in [-0.2, -0.15) is 4.37 Å². The molecule has 7 heteroatoms. The number of hydrogen-bond donors (Lipinski definition) is 1. The van der Waals surface area contributed by atoms with E-state index in [4.69, 9.17) is 10.5 Å². The molecule has 2 rings (SSSR count). The molecule has 0 bridgehead atoms. The summed E-state index contributed by atoms with van der Waals surface area (Å²) < 4.78 is 9.47. The number of nitrogens with zero attached hydrogens (tertiary/aromatic N) is 3. The summed E-state index contributed by atoms with van der Waals surface area (Å²) in [4.78, 5) is 6.65. The lowest BCUT2D eigenvalue weighted by Gasteiger charge is -2.25. The molecule has 0 fully saturated rings. The second-order valence-corrected chi connectivity index (χ2v) is 6.07. The first-order valence-corrected chi connectivity index (χ1v) is 7.59. The Labute approximate surface area is 121 Å². The van der Waals surface area contributed by atoms with Gasteiger partial charge in [-0.15, -0.1) is 11.3 Å². The maximum atomic E-state index is 6.00. The van der Waals surface area contributed by atoms with Crippen molar-refractivity contribution in [3.63, 3.8) is 0 Å². The number of thiazole rings is 1. The molecule has 0 spiro atoms. The van der Waals surface area contributed by atoms with E-state index in [1.165, 1.54) is 11.5 Å². The molecule has 0 saturated carbocycles. The Bertz CT molecular complexity index is 552. The molecule has 2 aromatic rings. The number of ether oxygens (including phenoxy) is 1. The van der Waals surface area contributed by atoms with Crippen molar-refractivity contribution in [1.82, 2.24) is 9.36 Å². The van der Waals surface area contributed by atoms with E-state index in [1.54, 1.807) is 18.4 Å². The first kappa shape index (κ1) is 14.2. The predicted octanol–water partition coefficient (Wildman–Crippen LogP) is 2.63. The normalized spacial score (nSPS) is 12.6. The molecule has 0 aliphatic carbocycles. The molecule has 2 heterocycles. The maximum absolute atomic E-state index is 6.00. The lowest BCUT2D eigenvalue weighted by molar-refractivity contribution is 0.183. The Morgan fingerprint density at radius 1 is 1.53 bits per heavy atom. The highest BCUT2D eigenvalue weighted by Gasteiger charge is 2.22. The Balaban J connectivity index is 2.37. The van der Waals surface area contributed by atoms with Crippen LogP contribution in [0.5, 0.6) is 0 Å². The first-order valence-electron chi connectivity index (χ1n) is 5.94. The third-order valence-electron chi connectivity index (χ3n) is 2.92. The number of methoxy groups -OCH3 is 1. The van der Waals surface area contributed by atoms with Crippen LogP contribution in [0.15, 0.2) is 5.38 Å². The molecule has 0 amide bonds. The van der Waals surface area contributed by atoms with Crippen LogP contribution in [0.3, 0.4) is 0 Å². The van der Waals surface area contributed by atoms with Crippen molar-refractivity contribution < 1.29 is 4.74 Å². The van der Waals surface area contributed by atoms with E-state index in [1.807, 2.05) is 19.4 Å². The van der Waals surface area contributed by atoms with Gasteiger partial charge in [-0.1, -0.05) is 0 Å². The van der Waals surface area contributed by atoms with Gasteiger partial charge in [0.1, 0.15) is 15.8 Å². The molecule has 0 aromatic carbocycles. The van der Waals surface area contributed by atoms with Gasteiger partial charge in [0.05, 0.1) is 12.2 Å². The average molecular weight is 298 g/mol. The lowest BCUT2D eigenvalue weighted by Crippen LogP contribution is -2.32. The summed E-state index contributed by atoms with van der Waals surface area (Å²) in [5.74, 6) is 0.547. The maximum Gasteiger partial charge on any atom is 0.149 e. The van der Waals surface area contributed by atoms with Crippen LogP contribution in [0, 0.1) is 6.92 Å². The number of hydrogen-bond acceptors (Lipinski definition) is 7. The number of likely N-dealkylation sites (N-methyl/N-ethyl adjacent to an activating group) is 1. The highest BCUT2D eigenvalue weighted by atomic mass is 32.1. The zero-order chi connectivity index (χ0) is 14.0. The van der Waals surface area contributed by atoms with E-state index in [9.17, 15) is 0 Å². The topological polar surface area (TPSA) is 64.3 Å². The molecule has 2 aromatic heterocycles. The van der Waals surface area contributed by atoms with Crippen LogP contribution in [-0.2, 0) is 4.74 Å². The fourth-order valence-corrected chi connectivity index (χ4v) is 3.55. The van der Waals surface area contributed by atoms with Crippen LogP contribution in [0.2, 0.25) is 0 Å². The van der Waals surface area contributed by atoms with E-state index in [0.29, 0.717) is 12.4 Å². The third kappa shape index (κ3) is 2.88. The molecule has 104 valence electrons. The summed E-state index contributed by atoms with van der Waals surface area (Å²) in [7, 11) is 3.73. The smallest absolute Gasteiger partial charge is 0.149 e. The average Bonchev–Trinajstić information content (AvgIpc) is 2.94. The molecule has 1 atom stereocenters. The number of nitrogens with two attached hydrogens (primary N) is 1. The molecular formula is C12H18N4OS2. The Hall–Kier alpha value is -1.18. The minimum absolute atomic E-state index is 0.254. The van der Waals surface area contributed by atoms with Crippen LogP contribution in [0.4, 0.5) is 10.8 Å². The van der Waals surface area contributed by atoms with Gasteiger partial charge in [0, 0.05) is 31.3 Å². The van der Waals surface area contributed by atoms with Crippen LogP contribution < -0.4 is 10.6 Å². The highest BCUT2D eigenvalue weighted by Crippen LogP contribution is 2.40. The van der Waals surface area contributed by atoms with Crippen molar-refractivity contribution in [3.8, 4) is 10.6 Å². The summed E-state index contributed by atoms with van der Waals surface area (Å²) in [5, 5.41) is 3.99. The molecule has 0 saturated heterocycles. The Morgan fingerprint density at radius 3 is 2.84 bits per heavy atom. The number of nitrogen functional groups attached to an aromatic ring is 1. The van der Waals surface area contributed by atoms with Gasteiger partial charge in [-0.25, -0.2) is 4.98 Å². The summed E-state index contributed by atoms with van der Waals surface area (Å²) >= 11 is 3.00. The first-order chi connectivity index (χ1) is 9.04. The SMILES string of the molecule is COCC(C)N(C)c1snc(N)c1-c1nc(C)cs1. The van der Waals surface area contributed by atoms with Gasteiger partial charge in [0.25, 0.3) is 0 Å². The van der Waals surface area contributed by atoms with E-state index in [0.717, 1.165) is 21.3 Å². The standard InChI is InChI=1S/C12H18N4OS2/c1-7-6-18-11(14-7)9-10(13)15-19-12(9)16(3)8(2)5-17-4/h6,8H,5H2,1-4H3,(H2,13,15). The molecule has 0 radical (unpaired) electrons. The monoisotopic (exact) mass is 298 g/mol. The Morgan fingerprint density at radius 2 is 2.26 bits per heavy atom. The van der Waals surface area contributed by atoms with E-state index in [2.05, 4.69) is 21.2 Å². The van der Waals surface area contributed by atoms with Crippen molar-refractivity contribution in [1.29, 1.82) is 0 Å².